The number of amides is 2. The average molecular weight is 290 g/mol. The topological polar surface area (TPSA) is 96.4 Å². The number of hydrogen-bond acceptors (Lipinski definition) is 5. The number of methoxy groups -OCH3 is 1. The van der Waals surface area contributed by atoms with Crippen LogP contribution in [0.2, 0.25) is 0 Å². The molecule has 0 aromatic carbocycles. The van der Waals surface area contributed by atoms with Gasteiger partial charge in [-0.25, -0.2) is 4.79 Å². The first kappa shape index (κ1) is 18.2. The number of carboxylic acid groups (broad SMARTS) is 1. The summed E-state index contributed by atoms with van der Waals surface area (Å²) >= 11 is 0. The normalized spacial score (nSPS) is 9.95. The maximum absolute atomic E-state index is 12.0. The van der Waals surface area contributed by atoms with E-state index < -0.39 is 24.5 Å². The van der Waals surface area contributed by atoms with Crippen molar-refractivity contribution in [1.29, 1.82) is 0 Å². The molecule has 8 nitrogen and oxygen atoms in total. The molecule has 0 aromatic heterocycles. The van der Waals surface area contributed by atoms with Gasteiger partial charge in [0.25, 0.3) is 0 Å². The van der Waals surface area contributed by atoms with E-state index in [4.69, 9.17) is 14.6 Å². The minimum atomic E-state index is -1.10. The number of urea groups is 1. The molecule has 0 aromatic rings. The number of carbonyl (C=O) groups excluding carboxylic acids is 2. The summed E-state index contributed by atoms with van der Waals surface area (Å²) in [5.41, 5.74) is 0. The van der Waals surface area contributed by atoms with Crippen molar-refractivity contribution < 1.29 is 29.0 Å². The van der Waals surface area contributed by atoms with Crippen LogP contribution in [-0.2, 0) is 19.1 Å². The summed E-state index contributed by atoms with van der Waals surface area (Å²) in [6, 6.07) is -0.464. The van der Waals surface area contributed by atoms with Gasteiger partial charge in [0, 0.05) is 27.2 Å². The molecular weight excluding hydrogens is 268 g/mol. The first-order chi connectivity index (χ1) is 9.42. The molecule has 20 heavy (non-hydrogen) atoms. The average Bonchev–Trinajstić information content (AvgIpc) is 2.39. The Hall–Kier alpha value is -1.83. The monoisotopic (exact) mass is 290 g/mol. The van der Waals surface area contributed by atoms with Gasteiger partial charge in [0.05, 0.1) is 19.6 Å². The van der Waals surface area contributed by atoms with Gasteiger partial charge in [-0.1, -0.05) is 0 Å². The lowest BCUT2D eigenvalue weighted by Crippen LogP contribution is -2.45. The first-order valence-corrected chi connectivity index (χ1v) is 6.28. The lowest BCUT2D eigenvalue weighted by Gasteiger charge is -2.26. The van der Waals surface area contributed by atoms with Gasteiger partial charge < -0.3 is 24.4 Å². The molecule has 0 spiro atoms. The smallest absolute Gasteiger partial charge is 0.323 e. The summed E-state index contributed by atoms with van der Waals surface area (Å²) in [4.78, 5) is 36.4. The maximum atomic E-state index is 12.0. The van der Waals surface area contributed by atoms with Crippen LogP contribution in [0.3, 0.4) is 0 Å². The molecular formula is C12H22N2O6. The van der Waals surface area contributed by atoms with Crippen LogP contribution in [0.15, 0.2) is 0 Å². The Bertz CT molecular complexity index is 334. The van der Waals surface area contributed by atoms with Crippen LogP contribution >= 0.6 is 0 Å². The fourth-order valence-corrected chi connectivity index (χ4v) is 1.44. The van der Waals surface area contributed by atoms with E-state index in [-0.39, 0.29) is 32.7 Å². The quantitative estimate of drug-likeness (QED) is 0.602. The number of esters is 1. The summed E-state index contributed by atoms with van der Waals surface area (Å²) in [5, 5.41) is 8.77. The highest BCUT2D eigenvalue weighted by molar-refractivity contribution is 5.80. The summed E-state index contributed by atoms with van der Waals surface area (Å²) in [7, 11) is 2.97. The highest BCUT2D eigenvalue weighted by atomic mass is 16.5. The molecule has 0 fully saturated rings. The van der Waals surface area contributed by atoms with Crippen LogP contribution in [-0.4, -0.2) is 79.9 Å². The zero-order valence-electron chi connectivity index (χ0n) is 12.1. The Kier molecular flexibility index (Phi) is 9.10. The van der Waals surface area contributed by atoms with Crippen LogP contribution in [0.5, 0.6) is 0 Å². The Labute approximate surface area is 118 Å². The molecule has 2 amide bonds. The molecule has 0 atom stereocenters. The molecule has 0 rings (SSSR count). The highest BCUT2D eigenvalue weighted by Gasteiger charge is 2.20. The summed E-state index contributed by atoms with van der Waals surface area (Å²) in [6.45, 7) is 2.16. The van der Waals surface area contributed by atoms with Gasteiger partial charge in [-0.2, -0.15) is 0 Å². The van der Waals surface area contributed by atoms with Crippen LogP contribution in [0.4, 0.5) is 4.79 Å². The second-order valence-electron chi connectivity index (χ2n) is 4.07. The van der Waals surface area contributed by atoms with Gasteiger partial charge in [-0.15, -0.1) is 0 Å². The minimum absolute atomic E-state index is 0.0707. The SMILES string of the molecule is CCOC(=O)CCN(C)C(=O)N(CCOC)CC(=O)O. The largest absolute Gasteiger partial charge is 0.480 e. The Morgan fingerprint density at radius 2 is 1.85 bits per heavy atom. The van der Waals surface area contributed by atoms with Crippen LogP contribution in [0.1, 0.15) is 13.3 Å². The summed E-state index contributed by atoms with van der Waals surface area (Å²) < 4.78 is 9.59. The fraction of sp³-hybridized carbons (Fsp3) is 0.750. The van der Waals surface area contributed by atoms with E-state index >= 15 is 0 Å². The van der Waals surface area contributed by atoms with Crippen LogP contribution in [0.25, 0.3) is 0 Å². The number of hydrogen-bond donors (Lipinski definition) is 1. The number of carboxylic acids is 1. The predicted octanol–water partition coefficient (Wildman–Crippen LogP) is 0.0244. The van der Waals surface area contributed by atoms with Crippen LogP contribution < -0.4 is 0 Å². The van der Waals surface area contributed by atoms with Crippen molar-refractivity contribution in [3.8, 4) is 0 Å². The summed E-state index contributed by atoms with van der Waals surface area (Å²) in [6.07, 6.45) is 0.0707. The number of carbonyl (C=O) groups is 3. The number of ether oxygens (including phenoxy) is 2. The third-order valence-electron chi connectivity index (χ3n) is 2.45. The second kappa shape index (κ2) is 10.0. The fourth-order valence-electron chi connectivity index (χ4n) is 1.44. The van der Waals surface area contributed by atoms with Crippen molar-refractivity contribution in [3.05, 3.63) is 0 Å². The number of aliphatic carboxylic acids is 1. The second-order valence-corrected chi connectivity index (χ2v) is 4.07. The molecule has 0 aliphatic carbocycles. The van der Waals surface area contributed by atoms with Crippen LogP contribution in [0, 0.1) is 0 Å². The standard InChI is InChI=1S/C12H22N2O6/c1-4-20-11(17)5-6-13(2)12(18)14(7-8-19-3)9-10(15)16/h4-9H2,1-3H3,(H,15,16). The molecule has 116 valence electrons. The number of rotatable bonds is 9. The third kappa shape index (κ3) is 7.57. The van der Waals surface area contributed by atoms with Crippen molar-refractivity contribution in [1.82, 2.24) is 9.80 Å². The van der Waals surface area contributed by atoms with Crippen molar-refractivity contribution in [2.75, 3.05) is 47.0 Å². The van der Waals surface area contributed by atoms with Gasteiger partial charge in [-0.05, 0) is 6.92 Å². The van der Waals surface area contributed by atoms with Gasteiger partial charge in [0.15, 0.2) is 0 Å². The molecule has 0 saturated heterocycles. The Morgan fingerprint density at radius 3 is 2.35 bits per heavy atom. The summed E-state index contributed by atoms with van der Waals surface area (Å²) in [5.74, 6) is -1.50. The molecule has 1 N–H and O–H groups in total. The minimum Gasteiger partial charge on any atom is -0.480 e. The molecule has 0 bridgehead atoms. The van der Waals surface area contributed by atoms with Crippen molar-refractivity contribution in [2.24, 2.45) is 0 Å². The van der Waals surface area contributed by atoms with Gasteiger partial charge >= 0.3 is 18.0 Å². The van der Waals surface area contributed by atoms with E-state index in [0.717, 1.165) is 4.90 Å². The first-order valence-electron chi connectivity index (χ1n) is 6.28. The molecule has 8 heteroatoms. The van der Waals surface area contributed by atoms with E-state index in [0.29, 0.717) is 0 Å². The van der Waals surface area contributed by atoms with E-state index in [1.54, 1.807) is 6.92 Å². The van der Waals surface area contributed by atoms with Crippen molar-refractivity contribution >= 4 is 18.0 Å². The van der Waals surface area contributed by atoms with Gasteiger partial charge in [-0.3, -0.25) is 9.59 Å². The van der Waals surface area contributed by atoms with E-state index in [2.05, 4.69) is 0 Å². The molecule has 0 saturated carbocycles. The van der Waals surface area contributed by atoms with E-state index in [1.807, 2.05) is 0 Å². The third-order valence-corrected chi connectivity index (χ3v) is 2.45. The Balaban J connectivity index is 4.38. The zero-order valence-corrected chi connectivity index (χ0v) is 12.1. The molecule has 0 aliphatic rings. The lowest BCUT2D eigenvalue weighted by atomic mass is 10.4. The maximum Gasteiger partial charge on any atom is 0.323 e. The van der Waals surface area contributed by atoms with Crippen molar-refractivity contribution in [3.63, 3.8) is 0 Å². The van der Waals surface area contributed by atoms with Gasteiger partial charge in [0.2, 0.25) is 0 Å². The number of nitrogens with zero attached hydrogens (tertiary/aromatic N) is 2. The highest BCUT2D eigenvalue weighted by Crippen LogP contribution is 2.00. The van der Waals surface area contributed by atoms with Gasteiger partial charge in [0.1, 0.15) is 6.54 Å². The molecule has 0 aliphatic heterocycles. The Morgan fingerprint density at radius 1 is 1.20 bits per heavy atom. The predicted molar refractivity (Wildman–Crippen MR) is 70.4 cm³/mol. The van der Waals surface area contributed by atoms with Crippen molar-refractivity contribution in [2.45, 2.75) is 13.3 Å². The zero-order chi connectivity index (χ0) is 15.5. The molecule has 0 heterocycles. The van der Waals surface area contributed by atoms with E-state index in [1.165, 1.54) is 19.1 Å². The molecule has 0 unspecified atom stereocenters. The molecule has 0 radical (unpaired) electrons. The van der Waals surface area contributed by atoms with E-state index in [9.17, 15) is 14.4 Å². The lowest BCUT2D eigenvalue weighted by molar-refractivity contribution is -0.143.